The Labute approximate surface area is 177 Å². The predicted octanol–water partition coefficient (Wildman–Crippen LogP) is 0.951. The number of hydrogen-bond acceptors (Lipinski definition) is 8. The highest BCUT2D eigenvalue weighted by Gasteiger charge is 2.30. The Balaban J connectivity index is 1.69. The van der Waals surface area contributed by atoms with Crippen molar-refractivity contribution < 1.29 is 30.7 Å². The standard InChI is InChI=1S/C18H19N3O8S2/c1-27-15-5-2-12(10-17(15)31(25,26)21-6-8-28-9-7-21)20-30(23,24)13-3-4-14-16(11-13)29-18(22)19-14/h2-5,10-11,20H,6-9H2,1H3,(H,19,22). The zero-order valence-electron chi connectivity index (χ0n) is 16.3. The summed E-state index contributed by atoms with van der Waals surface area (Å²) >= 11 is 0. The van der Waals surface area contributed by atoms with E-state index in [9.17, 15) is 21.6 Å². The number of aromatic amines is 1. The van der Waals surface area contributed by atoms with E-state index in [2.05, 4.69) is 9.71 Å². The van der Waals surface area contributed by atoms with Crippen molar-refractivity contribution in [3.05, 3.63) is 46.9 Å². The molecule has 0 amide bonds. The molecule has 1 saturated heterocycles. The first-order valence-electron chi connectivity index (χ1n) is 9.12. The Morgan fingerprint density at radius 3 is 2.52 bits per heavy atom. The van der Waals surface area contributed by atoms with Crippen LogP contribution in [0.3, 0.4) is 0 Å². The molecule has 3 aromatic rings. The number of fused-ring (bicyclic) bond motifs is 1. The lowest BCUT2D eigenvalue weighted by Crippen LogP contribution is -2.40. The summed E-state index contributed by atoms with van der Waals surface area (Å²) in [5.74, 6) is -0.615. The normalized spacial score (nSPS) is 15.8. The second kappa shape index (κ2) is 8.00. The summed E-state index contributed by atoms with van der Waals surface area (Å²) in [6.45, 7) is 0.907. The molecule has 2 N–H and O–H groups in total. The van der Waals surface area contributed by atoms with Crippen molar-refractivity contribution in [3.63, 3.8) is 0 Å². The average molecular weight is 469 g/mol. The number of anilines is 1. The monoisotopic (exact) mass is 469 g/mol. The van der Waals surface area contributed by atoms with Crippen LogP contribution in [0.15, 0.2) is 55.4 Å². The maximum absolute atomic E-state index is 13.1. The van der Waals surface area contributed by atoms with Crippen molar-refractivity contribution >= 4 is 36.8 Å². The van der Waals surface area contributed by atoms with Crippen molar-refractivity contribution in [2.45, 2.75) is 9.79 Å². The molecule has 11 nitrogen and oxygen atoms in total. The van der Waals surface area contributed by atoms with E-state index >= 15 is 0 Å². The molecule has 4 rings (SSSR count). The average Bonchev–Trinajstić information content (AvgIpc) is 3.13. The van der Waals surface area contributed by atoms with Crippen LogP contribution in [0.4, 0.5) is 5.69 Å². The molecular weight excluding hydrogens is 450 g/mol. The summed E-state index contributed by atoms with van der Waals surface area (Å²) in [7, 11) is -6.70. The minimum atomic E-state index is -4.10. The number of hydrogen-bond donors (Lipinski definition) is 2. The number of aromatic nitrogens is 1. The Morgan fingerprint density at radius 1 is 1.06 bits per heavy atom. The predicted molar refractivity (Wildman–Crippen MR) is 110 cm³/mol. The number of benzene rings is 2. The Kier molecular flexibility index (Phi) is 5.51. The van der Waals surface area contributed by atoms with E-state index in [0.29, 0.717) is 5.52 Å². The molecule has 2 aromatic carbocycles. The maximum atomic E-state index is 13.1. The van der Waals surface area contributed by atoms with Crippen molar-refractivity contribution in [2.75, 3.05) is 38.1 Å². The van der Waals surface area contributed by atoms with Crippen LogP contribution in [0.1, 0.15) is 0 Å². The molecule has 0 bridgehead atoms. The fourth-order valence-corrected chi connectivity index (χ4v) is 5.83. The molecule has 166 valence electrons. The summed E-state index contributed by atoms with van der Waals surface area (Å²) in [4.78, 5) is 13.4. The van der Waals surface area contributed by atoms with Gasteiger partial charge in [0.05, 0.1) is 36.4 Å². The number of methoxy groups -OCH3 is 1. The van der Waals surface area contributed by atoms with Gasteiger partial charge in [0.15, 0.2) is 5.58 Å². The highest BCUT2D eigenvalue weighted by Crippen LogP contribution is 2.31. The minimum absolute atomic E-state index is 0.0308. The number of oxazole rings is 1. The third-order valence-electron chi connectivity index (χ3n) is 4.71. The molecule has 13 heteroatoms. The third kappa shape index (κ3) is 4.17. The first-order chi connectivity index (χ1) is 14.7. The molecule has 0 atom stereocenters. The van der Waals surface area contributed by atoms with Gasteiger partial charge in [-0.15, -0.1) is 0 Å². The molecule has 0 radical (unpaired) electrons. The maximum Gasteiger partial charge on any atom is 0.417 e. The van der Waals surface area contributed by atoms with Crippen LogP contribution in [0.5, 0.6) is 5.75 Å². The zero-order valence-corrected chi connectivity index (χ0v) is 18.0. The van der Waals surface area contributed by atoms with Crippen LogP contribution < -0.4 is 15.2 Å². The van der Waals surface area contributed by atoms with Gasteiger partial charge in [-0.3, -0.25) is 9.71 Å². The third-order valence-corrected chi connectivity index (χ3v) is 8.01. The van der Waals surface area contributed by atoms with E-state index in [0.717, 1.165) is 0 Å². The van der Waals surface area contributed by atoms with Gasteiger partial charge < -0.3 is 13.9 Å². The van der Waals surface area contributed by atoms with Gasteiger partial charge in [-0.05, 0) is 30.3 Å². The fourth-order valence-electron chi connectivity index (χ4n) is 3.17. The smallest absolute Gasteiger partial charge is 0.417 e. The van der Waals surface area contributed by atoms with Crippen LogP contribution in [0.25, 0.3) is 11.1 Å². The van der Waals surface area contributed by atoms with Crippen molar-refractivity contribution in [1.29, 1.82) is 0 Å². The first kappa shape index (κ1) is 21.4. The molecule has 2 heterocycles. The first-order valence-corrected chi connectivity index (χ1v) is 12.0. The van der Waals surface area contributed by atoms with Crippen LogP contribution in [-0.2, 0) is 24.8 Å². The van der Waals surface area contributed by atoms with E-state index < -0.39 is 25.8 Å². The Hall–Kier alpha value is -2.87. The molecule has 1 aromatic heterocycles. The van der Waals surface area contributed by atoms with Crippen LogP contribution in [0, 0.1) is 0 Å². The van der Waals surface area contributed by atoms with Gasteiger partial charge >= 0.3 is 5.76 Å². The summed E-state index contributed by atoms with van der Waals surface area (Å²) in [5, 5.41) is 0. The summed E-state index contributed by atoms with van der Waals surface area (Å²) < 4.78 is 70.7. The lowest BCUT2D eigenvalue weighted by atomic mass is 10.3. The van der Waals surface area contributed by atoms with Gasteiger partial charge in [0.2, 0.25) is 10.0 Å². The van der Waals surface area contributed by atoms with E-state index in [4.69, 9.17) is 13.9 Å². The molecule has 0 unspecified atom stereocenters. The van der Waals surface area contributed by atoms with Crippen molar-refractivity contribution in [3.8, 4) is 5.75 Å². The Morgan fingerprint density at radius 2 is 1.81 bits per heavy atom. The number of nitrogens with zero attached hydrogens (tertiary/aromatic N) is 1. The fraction of sp³-hybridized carbons (Fsp3) is 0.278. The van der Waals surface area contributed by atoms with Crippen LogP contribution >= 0.6 is 0 Å². The SMILES string of the molecule is COc1ccc(NS(=O)(=O)c2ccc3[nH]c(=O)oc3c2)cc1S(=O)(=O)N1CCOCC1. The second-order valence-corrected chi connectivity index (χ2v) is 10.2. The van der Waals surface area contributed by atoms with Gasteiger partial charge in [-0.1, -0.05) is 0 Å². The molecule has 1 fully saturated rings. The topological polar surface area (TPSA) is 148 Å². The van der Waals surface area contributed by atoms with Crippen LogP contribution in [-0.4, -0.2) is 59.5 Å². The van der Waals surface area contributed by atoms with E-state index in [1.807, 2.05) is 0 Å². The van der Waals surface area contributed by atoms with Gasteiger partial charge in [-0.25, -0.2) is 21.6 Å². The highest BCUT2D eigenvalue weighted by atomic mass is 32.2. The molecule has 1 aliphatic heterocycles. The number of nitrogens with one attached hydrogen (secondary N) is 2. The Bertz CT molecular complexity index is 1390. The summed E-state index contributed by atoms with van der Waals surface area (Å²) in [6.07, 6.45) is 0. The van der Waals surface area contributed by atoms with E-state index in [1.165, 1.54) is 47.8 Å². The van der Waals surface area contributed by atoms with Gasteiger partial charge in [-0.2, -0.15) is 4.31 Å². The number of sulfonamides is 2. The van der Waals surface area contributed by atoms with E-state index in [1.54, 1.807) is 0 Å². The lowest BCUT2D eigenvalue weighted by Gasteiger charge is -2.26. The van der Waals surface area contributed by atoms with Crippen molar-refractivity contribution in [1.82, 2.24) is 9.29 Å². The van der Waals surface area contributed by atoms with E-state index in [-0.39, 0.29) is 53.1 Å². The number of H-pyrrole nitrogens is 1. The molecular formula is C18H19N3O8S2. The summed E-state index contributed by atoms with van der Waals surface area (Å²) in [5.41, 5.74) is 0.466. The lowest BCUT2D eigenvalue weighted by molar-refractivity contribution is 0.0729. The second-order valence-electron chi connectivity index (χ2n) is 6.66. The molecule has 0 spiro atoms. The number of ether oxygens (including phenoxy) is 2. The minimum Gasteiger partial charge on any atom is -0.495 e. The highest BCUT2D eigenvalue weighted by molar-refractivity contribution is 7.92. The zero-order chi connectivity index (χ0) is 22.2. The number of rotatable bonds is 6. The van der Waals surface area contributed by atoms with Crippen LogP contribution in [0.2, 0.25) is 0 Å². The van der Waals surface area contributed by atoms with Gasteiger partial charge in [0.25, 0.3) is 10.0 Å². The molecule has 0 aliphatic carbocycles. The molecule has 1 aliphatic rings. The summed E-state index contributed by atoms with van der Waals surface area (Å²) in [6, 6.07) is 7.87. The van der Waals surface area contributed by atoms with Gasteiger partial charge in [0.1, 0.15) is 10.6 Å². The van der Waals surface area contributed by atoms with Gasteiger partial charge in [0, 0.05) is 19.2 Å². The number of morpholine rings is 1. The molecule has 0 saturated carbocycles. The van der Waals surface area contributed by atoms with Crippen molar-refractivity contribution in [2.24, 2.45) is 0 Å². The largest absolute Gasteiger partial charge is 0.495 e. The molecule has 31 heavy (non-hydrogen) atoms. The quantitative estimate of drug-likeness (QED) is 0.542.